The molecule has 0 aliphatic carbocycles. The van der Waals surface area contributed by atoms with E-state index in [9.17, 15) is 4.79 Å². The summed E-state index contributed by atoms with van der Waals surface area (Å²) in [4.78, 5) is 19.8. The molecule has 5 nitrogen and oxygen atoms in total. The molecule has 104 valence electrons. The number of hydrogen-bond donors (Lipinski definition) is 2. The van der Waals surface area contributed by atoms with Gasteiger partial charge in [0, 0.05) is 23.5 Å². The summed E-state index contributed by atoms with van der Waals surface area (Å²) in [6.07, 6.45) is 3.58. The van der Waals surface area contributed by atoms with Crippen molar-refractivity contribution in [1.82, 2.24) is 15.3 Å². The SMILES string of the molecule is CC(Cc1ccc(Cl)cc1)NC(=O)c1nccnc1N. The second-order valence-corrected chi connectivity index (χ2v) is 4.93. The minimum atomic E-state index is -0.322. The molecule has 0 saturated carbocycles. The number of hydrogen-bond acceptors (Lipinski definition) is 4. The lowest BCUT2D eigenvalue weighted by molar-refractivity contribution is 0.0935. The smallest absolute Gasteiger partial charge is 0.273 e. The van der Waals surface area contributed by atoms with Crippen molar-refractivity contribution in [1.29, 1.82) is 0 Å². The van der Waals surface area contributed by atoms with Crippen LogP contribution in [0.4, 0.5) is 5.82 Å². The Hall–Kier alpha value is -2.14. The van der Waals surface area contributed by atoms with Crippen LogP contribution >= 0.6 is 11.6 Å². The average Bonchev–Trinajstić information content (AvgIpc) is 2.41. The highest BCUT2D eigenvalue weighted by atomic mass is 35.5. The van der Waals surface area contributed by atoms with Crippen molar-refractivity contribution in [3.8, 4) is 0 Å². The molecule has 1 aromatic carbocycles. The molecular formula is C14H15ClN4O. The lowest BCUT2D eigenvalue weighted by atomic mass is 10.1. The molecule has 0 radical (unpaired) electrons. The van der Waals surface area contributed by atoms with Gasteiger partial charge in [-0.3, -0.25) is 4.79 Å². The monoisotopic (exact) mass is 290 g/mol. The number of nitrogen functional groups attached to an aromatic ring is 1. The van der Waals surface area contributed by atoms with Crippen LogP contribution in [0.1, 0.15) is 23.0 Å². The van der Waals surface area contributed by atoms with Crippen molar-refractivity contribution in [2.24, 2.45) is 0 Å². The Bertz CT molecular complexity index is 600. The molecule has 1 amide bonds. The van der Waals surface area contributed by atoms with E-state index in [1.54, 1.807) is 0 Å². The second kappa shape index (κ2) is 6.34. The van der Waals surface area contributed by atoms with Crippen LogP contribution in [0.15, 0.2) is 36.7 Å². The first-order chi connectivity index (χ1) is 9.56. The predicted octanol–water partition coefficient (Wildman–Crippen LogP) is 2.07. The Balaban J connectivity index is 1.98. The number of carbonyl (C=O) groups is 1. The summed E-state index contributed by atoms with van der Waals surface area (Å²) in [5.41, 5.74) is 6.86. The van der Waals surface area contributed by atoms with Crippen LogP contribution in [0.25, 0.3) is 0 Å². The number of halogens is 1. The van der Waals surface area contributed by atoms with Gasteiger partial charge in [-0.05, 0) is 31.0 Å². The van der Waals surface area contributed by atoms with Gasteiger partial charge in [0.1, 0.15) is 0 Å². The quantitative estimate of drug-likeness (QED) is 0.903. The van der Waals surface area contributed by atoms with Crippen LogP contribution in [0.2, 0.25) is 5.02 Å². The Labute approximate surface area is 122 Å². The van der Waals surface area contributed by atoms with E-state index in [4.69, 9.17) is 17.3 Å². The second-order valence-electron chi connectivity index (χ2n) is 4.50. The number of benzene rings is 1. The van der Waals surface area contributed by atoms with Crippen LogP contribution in [0.3, 0.4) is 0 Å². The van der Waals surface area contributed by atoms with Crippen LogP contribution in [-0.2, 0) is 6.42 Å². The number of nitrogens with two attached hydrogens (primary N) is 1. The summed E-state index contributed by atoms with van der Waals surface area (Å²) in [6, 6.07) is 7.46. The van der Waals surface area contributed by atoms with Gasteiger partial charge in [-0.25, -0.2) is 9.97 Å². The molecule has 0 aliphatic heterocycles. The third-order valence-corrected chi connectivity index (χ3v) is 3.03. The van der Waals surface area contributed by atoms with E-state index in [1.165, 1.54) is 12.4 Å². The molecule has 2 rings (SSSR count). The molecule has 1 atom stereocenters. The van der Waals surface area contributed by atoms with Gasteiger partial charge in [-0.1, -0.05) is 23.7 Å². The first-order valence-corrected chi connectivity index (χ1v) is 6.56. The number of anilines is 1. The van der Waals surface area contributed by atoms with E-state index in [0.717, 1.165) is 5.56 Å². The van der Waals surface area contributed by atoms with Gasteiger partial charge in [0.15, 0.2) is 11.5 Å². The molecule has 0 spiro atoms. The van der Waals surface area contributed by atoms with Gasteiger partial charge in [-0.15, -0.1) is 0 Å². The van der Waals surface area contributed by atoms with Crippen molar-refractivity contribution >= 4 is 23.3 Å². The molecule has 1 unspecified atom stereocenters. The fraction of sp³-hybridized carbons (Fsp3) is 0.214. The molecule has 1 heterocycles. The predicted molar refractivity (Wildman–Crippen MR) is 78.5 cm³/mol. The number of rotatable bonds is 4. The zero-order chi connectivity index (χ0) is 14.5. The maximum Gasteiger partial charge on any atom is 0.273 e. The van der Waals surface area contributed by atoms with Crippen molar-refractivity contribution < 1.29 is 4.79 Å². The minimum absolute atomic E-state index is 0.0509. The maximum atomic E-state index is 12.0. The minimum Gasteiger partial charge on any atom is -0.382 e. The maximum absolute atomic E-state index is 12.0. The van der Waals surface area contributed by atoms with Gasteiger partial charge in [-0.2, -0.15) is 0 Å². The Morgan fingerprint density at radius 1 is 1.30 bits per heavy atom. The highest BCUT2D eigenvalue weighted by Gasteiger charge is 2.14. The number of aromatic nitrogens is 2. The molecule has 0 aliphatic rings. The van der Waals surface area contributed by atoms with Crippen molar-refractivity contribution in [2.75, 3.05) is 5.73 Å². The Morgan fingerprint density at radius 3 is 2.60 bits per heavy atom. The van der Waals surface area contributed by atoms with E-state index >= 15 is 0 Å². The van der Waals surface area contributed by atoms with Crippen molar-refractivity contribution in [3.63, 3.8) is 0 Å². The highest BCUT2D eigenvalue weighted by Crippen LogP contribution is 2.11. The largest absolute Gasteiger partial charge is 0.382 e. The van der Waals surface area contributed by atoms with Crippen LogP contribution in [-0.4, -0.2) is 21.9 Å². The van der Waals surface area contributed by atoms with E-state index in [1.807, 2.05) is 31.2 Å². The number of nitrogens with one attached hydrogen (secondary N) is 1. The summed E-state index contributed by atoms with van der Waals surface area (Å²) in [6.45, 7) is 1.92. The molecule has 1 aromatic heterocycles. The van der Waals surface area contributed by atoms with E-state index < -0.39 is 0 Å². The van der Waals surface area contributed by atoms with Crippen LogP contribution < -0.4 is 11.1 Å². The third-order valence-electron chi connectivity index (χ3n) is 2.77. The molecule has 2 aromatic rings. The van der Waals surface area contributed by atoms with Gasteiger partial charge in [0.05, 0.1) is 0 Å². The van der Waals surface area contributed by atoms with Gasteiger partial charge < -0.3 is 11.1 Å². The van der Waals surface area contributed by atoms with Gasteiger partial charge in [0.25, 0.3) is 5.91 Å². The molecule has 0 bridgehead atoms. The third kappa shape index (κ3) is 3.68. The Morgan fingerprint density at radius 2 is 1.95 bits per heavy atom. The molecule has 20 heavy (non-hydrogen) atoms. The van der Waals surface area contributed by atoms with Crippen LogP contribution in [0, 0.1) is 0 Å². The van der Waals surface area contributed by atoms with Crippen molar-refractivity contribution in [2.45, 2.75) is 19.4 Å². The fourth-order valence-electron chi connectivity index (χ4n) is 1.84. The molecule has 3 N–H and O–H groups in total. The zero-order valence-corrected chi connectivity index (χ0v) is 11.8. The van der Waals surface area contributed by atoms with Gasteiger partial charge in [0.2, 0.25) is 0 Å². The van der Waals surface area contributed by atoms with Crippen molar-refractivity contribution in [3.05, 3.63) is 52.9 Å². The Kier molecular flexibility index (Phi) is 4.53. The number of carbonyl (C=O) groups excluding carboxylic acids is 1. The standard InChI is InChI=1S/C14H15ClN4O/c1-9(8-10-2-4-11(15)5-3-10)19-14(20)12-13(16)18-7-6-17-12/h2-7,9H,8H2,1H3,(H2,16,18)(H,19,20). The lowest BCUT2D eigenvalue weighted by Gasteiger charge is -2.14. The van der Waals surface area contributed by atoms with E-state index in [-0.39, 0.29) is 23.5 Å². The van der Waals surface area contributed by atoms with E-state index in [2.05, 4.69) is 15.3 Å². The highest BCUT2D eigenvalue weighted by molar-refractivity contribution is 6.30. The number of amides is 1. The normalized spacial score (nSPS) is 11.9. The summed E-state index contributed by atoms with van der Waals surface area (Å²) < 4.78 is 0. The summed E-state index contributed by atoms with van der Waals surface area (Å²) in [5, 5.41) is 3.54. The number of nitrogens with zero attached hydrogens (tertiary/aromatic N) is 2. The molecule has 0 saturated heterocycles. The summed E-state index contributed by atoms with van der Waals surface area (Å²) in [7, 11) is 0. The fourth-order valence-corrected chi connectivity index (χ4v) is 1.97. The molecular weight excluding hydrogens is 276 g/mol. The first-order valence-electron chi connectivity index (χ1n) is 6.18. The van der Waals surface area contributed by atoms with E-state index in [0.29, 0.717) is 11.4 Å². The van der Waals surface area contributed by atoms with Gasteiger partial charge >= 0.3 is 0 Å². The lowest BCUT2D eigenvalue weighted by Crippen LogP contribution is -2.35. The molecule has 0 fully saturated rings. The topological polar surface area (TPSA) is 80.9 Å². The molecule has 6 heteroatoms. The summed E-state index contributed by atoms with van der Waals surface area (Å²) in [5.74, 6) is -0.194. The van der Waals surface area contributed by atoms with Crippen LogP contribution in [0.5, 0.6) is 0 Å². The average molecular weight is 291 g/mol. The zero-order valence-electron chi connectivity index (χ0n) is 11.0. The summed E-state index contributed by atoms with van der Waals surface area (Å²) >= 11 is 5.83. The first kappa shape index (κ1) is 14.3.